The van der Waals surface area contributed by atoms with Crippen LogP contribution in [0.5, 0.6) is 5.75 Å². The van der Waals surface area contributed by atoms with Gasteiger partial charge in [-0.25, -0.2) is 0 Å². The molecule has 6 nitrogen and oxygen atoms in total. The standard InChI is InChI=1S/C18H20N2O4/c1-11-7-13(3)18(14(4)8-11)24-10-17(21)19-15-6-5-12(2)16(9-15)20(22)23/h5-9H,10H2,1-4H3,(H,19,21). The average molecular weight is 328 g/mol. The second-order valence-electron chi connectivity index (χ2n) is 5.82. The van der Waals surface area contributed by atoms with E-state index in [1.807, 2.05) is 32.9 Å². The molecule has 2 aromatic rings. The van der Waals surface area contributed by atoms with Crippen LogP contribution in [0, 0.1) is 37.8 Å². The van der Waals surface area contributed by atoms with Gasteiger partial charge < -0.3 is 10.1 Å². The van der Waals surface area contributed by atoms with Crippen LogP contribution in [0.4, 0.5) is 11.4 Å². The highest BCUT2D eigenvalue weighted by molar-refractivity contribution is 5.92. The fraction of sp³-hybridized carbons (Fsp3) is 0.278. The topological polar surface area (TPSA) is 81.5 Å². The number of hydrogen-bond donors (Lipinski definition) is 1. The van der Waals surface area contributed by atoms with E-state index < -0.39 is 4.92 Å². The predicted molar refractivity (Wildman–Crippen MR) is 92.6 cm³/mol. The van der Waals surface area contributed by atoms with Gasteiger partial charge in [0.25, 0.3) is 11.6 Å². The SMILES string of the molecule is Cc1cc(C)c(OCC(=O)Nc2ccc(C)c([N+](=O)[O-])c2)c(C)c1. The maximum absolute atomic E-state index is 12.0. The van der Waals surface area contributed by atoms with Gasteiger partial charge in [0.05, 0.1) is 4.92 Å². The van der Waals surface area contributed by atoms with Crippen molar-refractivity contribution in [2.45, 2.75) is 27.7 Å². The Bertz CT molecular complexity index is 777. The van der Waals surface area contributed by atoms with Crippen molar-refractivity contribution in [1.82, 2.24) is 0 Å². The second-order valence-corrected chi connectivity index (χ2v) is 5.82. The van der Waals surface area contributed by atoms with Crippen LogP contribution in [0.3, 0.4) is 0 Å². The van der Waals surface area contributed by atoms with E-state index in [4.69, 9.17) is 4.74 Å². The molecule has 2 rings (SSSR count). The first-order valence-corrected chi connectivity index (χ1v) is 7.53. The monoisotopic (exact) mass is 328 g/mol. The Kier molecular flexibility index (Phi) is 5.18. The zero-order valence-electron chi connectivity index (χ0n) is 14.2. The normalized spacial score (nSPS) is 10.3. The third-order valence-electron chi connectivity index (χ3n) is 3.64. The lowest BCUT2D eigenvalue weighted by Crippen LogP contribution is -2.20. The number of nitrogens with one attached hydrogen (secondary N) is 1. The van der Waals surface area contributed by atoms with Crippen molar-refractivity contribution in [2.75, 3.05) is 11.9 Å². The molecule has 0 aliphatic carbocycles. The number of anilines is 1. The molecule has 0 atom stereocenters. The van der Waals surface area contributed by atoms with Crippen LogP contribution in [0.25, 0.3) is 0 Å². The summed E-state index contributed by atoms with van der Waals surface area (Å²) in [5.74, 6) is 0.318. The zero-order valence-corrected chi connectivity index (χ0v) is 14.2. The summed E-state index contributed by atoms with van der Waals surface area (Å²) in [4.78, 5) is 22.5. The molecule has 2 aromatic carbocycles. The van der Waals surface area contributed by atoms with Crippen LogP contribution < -0.4 is 10.1 Å². The maximum atomic E-state index is 12.0. The molecule has 0 saturated heterocycles. The molecule has 6 heteroatoms. The van der Waals surface area contributed by atoms with Gasteiger partial charge in [-0.15, -0.1) is 0 Å². The van der Waals surface area contributed by atoms with Crippen molar-refractivity contribution < 1.29 is 14.5 Å². The third kappa shape index (κ3) is 4.10. The fourth-order valence-corrected chi connectivity index (χ4v) is 2.61. The zero-order chi connectivity index (χ0) is 17.9. The summed E-state index contributed by atoms with van der Waals surface area (Å²) >= 11 is 0. The number of amides is 1. The quantitative estimate of drug-likeness (QED) is 0.668. The molecule has 0 radical (unpaired) electrons. The van der Waals surface area contributed by atoms with Gasteiger partial charge in [-0.05, 0) is 44.9 Å². The average Bonchev–Trinajstić information content (AvgIpc) is 2.47. The summed E-state index contributed by atoms with van der Waals surface area (Å²) < 4.78 is 5.61. The van der Waals surface area contributed by atoms with Gasteiger partial charge in [-0.1, -0.05) is 23.8 Å². The molecule has 24 heavy (non-hydrogen) atoms. The summed E-state index contributed by atoms with van der Waals surface area (Å²) in [5, 5.41) is 13.6. The molecule has 0 heterocycles. The molecule has 0 fully saturated rings. The molecule has 0 saturated carbocycles. The highest BCUT2D eigenvalue weighted by Gasteiger charge is 2.13. The molecule has 0 aliphatic heterocycles. The Balaban J connectivity index is 2.04. The number of benzene rings is 2. The number of rotatable bonds is 5. The molecule has 0 aliphatic rings. The molecule has 1 amide bonds. The number of carbonyl (C=O) groups is 1. The number of nitro groups is 1. The third-order valence-corrected chi connectivity index (χ3v) is 3.64. The van der Waals surface area contributed by atoms with Crippen molar-refractivity contribution >= 4 is 17.3 Å². The van der Waals surface area contributed by atoms with Crippen LogP contribution >= 0.6 is 0 Å². The van der Waals surface area contributed by atoms with E-state index in [2.05, 4.69) is 5.32 Å². The molecule has 0 aromatic heterocycles. The largest absolute Gasteiger partial charge is 0.483 e. The first kappa shape index (κ1) is 17.5. The minimum Gasteiger partial charge on any atom is -0.483 e. The molecule has 0 bridgehead atoms. The summed E-state index contributed by atoms with van der Waals surface area (Å²) in [5.41, 5.74) is 3.95. The van der Waals surface area contributed by atoms with Gasteiger partial charge >= 0.3 is 0 Å². The molecule has 0 spiro atoms. The summed E-state index contributed by atoms with van der Waals surface area (Å²) in [6.45, 7) is 7.34. The van der Waals surface area contributed by atoms with Crippen LogP contribution in [0.1, 0.15) is 22.3 Å². The van der Waals surface area contributed by atoms with Gasteiger partial charge in [0, 0.05) is 17.3 Å². The number of hydrogen-bond acceptors (Lipinski definition) is 4. The lowest BCUT2D eigenvalue weighted by Gasteiger charge is -2.13. The van der Waals surface area contributed by atoms with E-state index in [0.717, 1.165) is 16.7 Å². The molecule has 1 N–H and O–H groups in total. The predicted octanol–water partition coefficient (Wildman–Crippen LogP) is 3.85. The number of nitrogens with zero attached hydrogens (tertiary/aromatic N) is 1. The molecular weight excluding hydrogens is 308 g/mol. The van der Waals surface area contributed by atoms with Crippen LogP contribution in [-0.4, -0.2) is 17.4 Å². The van der Waals surface area contributed by atoms with Crippen molar-refractivity contribution in [1.29, 1.82) is 0 Å². The number of aryl methyl sites for hydroxylation is 4. The van der Waals surface area contributed by atoms with Gasteiger partial charge in [0.2, 0.25) is 0 Å². The lowest BCUT2D eigenvalue weighted by molar-refractivity contribution is -0.385. The van der Waals surface area contributed by atoms with Crippen LogP contribution in [-0.2, 0) is 4.79 Å². The van der Waals surface area contributed by atoms with Crippen LogP contribution in [0.15, 0.2) is 30.3 Å². The Hall–Kier alpha value is -2.89. The van der Waals surface area contributed by atoms with Crippen molar-refractivity contribution in [3.05, 3.63) is 62.7 Å². The van der Waals surface area contributed by atoms with E-state index in [-0.39, 0.29) is 18.2 Å². The summed E-state index contributed by atoms with van der Waals surface area (Å²) in [6.07, 6.45) is 0. The number of ether oxygens (including phenoxy) is 1. The first-order valence-electron chi connectivity index (χ1n) is 7.53. The van der Waals surface area contributed by atoms with E-state index >= 15 is 0 Å². The minimum absolute atomic E-state index is 0.0288. The van der Waals surface area contributed by atoms with Crippen molar-refractivity contribution in [2.24, 2.45) is 0 Å². The van der Waals surface area contributed by atoms with Gasteiger partial charge in [0.1, 0.15) is 5.75 Å². The second kappa shape index (κ2) is 7.12. The van der Waals surface area contributed by atoms with Crippen molar-refractivity contribution in [3.8, 4) is 5.75 Å². The highest BCUT2D eigenvalue weighted by atomic mass is 16.6. The number of carbonyl (C=O) groups excluding carboxylic acids is 1. The van der Waals surface area contributed by atoms with E-state index in [9.17, 15) is 14.9 Å². The Morgan fingerprint density at radius 3 is 2.29 bits per heavy atom. The number of nitro benzene ring substituents is 1. The van der Waals surface area contributed by atoms with E-state index in [0.29, 0.717) is 17.0 Å². The van der Waals surface area contributed by atoms with Crippen molar-refractivity contribution in [3.63, 3.8) is 0 Å². The lowest BCUT2D eigenvalue weighted by atomic mass is 10.1. The molecule has 0 unspecified atom stereocenters. The maximum Gasteiger partial charge on any atom is 0.274 e. The Morgan fingerprint density at radius 1 is 1.08 bits per heavy atom. The Morgan fingerprint density at radius 2 is 1.71 bits per heavy atom. The van der Waals surface area contributed by atoms with Gasteiger partial charge in [-0.2, -0.15) is 0 Å². The Labute approximate surface area is 140 Å². The fourth-order valence-electron chi connectivity index (χ4n) is 2.61. The summed E-state index contributed by atoms with van der Waals surface area (Å²) in [6, 6.07) is 8.55. The first-order chi connectivity index (χ1) is 11.3. The molecule has 126 valence electrons. The molecular formula is C18H20N2O4. The van der Waals surface area contributed by atoms with E-state index in [1.54, 1.807) is 19.1 Å². The van der Waals surface area contributed by atoms with E-state index in [1.165, 1.54) is 6.07 Å². The van der Waals surface area contributed by atoms with Crippen LogP contribution in [0.2, 0.25) is 0 Å². The van der Waals surface area contributed by atoms with Gasteiger partial charge in [0.15, 0.2) is 6.61 Å². The minimum atomic E-state index is -0.472. The van der Waals surface area contributed by atoms with Gasteiger partial charge in [-0.3, -0.25) is 14.9 Å². The summed E-state index contributed by atoms with van der Waals surface area (Å²) in [7, 11) is 0. The smallest absolute Gasteiger partial charge is 0.274 e. The highest BCUT2D eigenvalue weighted by Crippen LogP contribution is 2.25.